The van der Waals surface area contributed by atoms with Crippen molar-refractivity contribution in [3.63, 3.8) is 0 Å². The van der Waals surface area contributed by atoms with Crippen LogP contribution >= 0.6 is 0 Å². The van der Waals surface area contributed by atoms with E-state index in [2.05, 4.69) is 39.0 Å². The molecule has 4 atom stereocenters. The van der Waals surface area contributed by atoms with Crippen LogP contribution in [-0.4, -0.2) is 0 Å². The van der Waals surface area contributed by atoms with Crippen molar-refractivity contribution in [3.8, 4) is 0 Å². The largest absolute Gasteiger partial charge is 0.0811 e. The van der Waals surface area contributed by atoms with Gasteiger partial charge in [-0.15, -0.1) is 0 Å². The lowest BCUT2D eigenvalue weighted by Crippen LogP contribution is -2.23. The summed E-state index contributed by atoms with van der Waals surface area (Å²) in [6.45, 7) is 7.15. The number of rotatable bonds is 2. The quantitative estimate of drug-likeness (QED) is 0.614. The van der Waals surface area contributed by atoms with Crippen LogP contribution < -0.4 is 0 Å². The third-order valence-electron chi connectivity index (χ3n) is 4.56. The van der Waals surface area contributed by atoms with Gasteiger partial charge in [0.05, 0.1) is 0 Å². The van der Waals surface area contributed by atoms with Crippen LogP contribution in [0.5, 0.6) is 0 Å². The van der Waals surface area contributed by atoms with Gasteiger partial charge in [-0.25, -0.2) is 0 Å². The van der Waals surface area contributed by atoms with Crippen LogP contribution in [0.25, 0.3) is 0 Å². The third-order valence-corrected chi connectivity index (χ3v) is 4.56. The summed E-state index contributed by atoms with van der Waals surface area (Å²) in [6, 6.07) is 0. The summed E-state index contributed by atoms with van der Waals surface area (Å²) in [6.07, 6.45) is 14.1. The second kappa shape index (κ2) is 5.21. The summed E-state index contributed by atoms with van der Waals surface area (Å²) in [5.41, 5.74) is 1.56. The van der Waals surface area contributed by atoms with Crippen molar-refractivity contribution in [2.45, 2.75) is 52.9 Å². The molecule has 0 aromatic rings. The maximum atomic E-state index is 2.47. The van der Waals surface area contributed by atoms with E-state index in [0.717, 1.165) is 23.7 Å². The lowest BCUT2D eigenvalue weighted by molar-refractivity contribution is 0.180. The Morgan fingerprint density at radius 1 is 1.25 bits per heavy atom. The van der Waals surface area contributed by atoms with Gasteiger partial charge in [0.15, 0.2) is 0 Å². The Balaban J connectivity index is 1.86. The van der Waals surface area contributed by atoms with E-state index in [4.69, 9.17) is 0 Å². The van der Waals surface area contributed by atoms with E-state index in [9.17, 15) is 0 Å². The van der Waals surface area contributed by atoms with Gasteiger partial charge in [0, 0.05) is 0 Å². The first-order chi connectivity index (χ1) is 7.65. The molecule has 16 heavy (non-hydrogen) atoms. The van der Waals surface area contributed by atoms with Gasteiger partial charge in [0.1, 0.15) is 0 Å². The zero-order chi connectivity index (χ0) is 11.5. The van der Waals surface area contributed by atoms with E-state index in [0.29, 0.717) is 0 Å². The standard InChI is InChI=1S/C16H26/c1-12-5-4-6-15(10-12)11-16-8-7-13(2)9-14(16)3/h4-6,13-16H,7-11H2,1-3H3/t13?,14-,15?,16?/m0/s1. The molecule has 0 spiro atoms. The molecular formula is C16H26. The maximum Gasteiger partial charge on any atom is -0.0190 e. The molecule has 0 amide bonds. The van der Waals surface area contributed by atoms with E-state index >= 15 is 0 Å². The van der Waals surface area contributed by atoms with Crippen molar-refractivity contribution in [2.75, 3.05) is 0 Å². The molecule has 0 aliphatic heterocycles. The Kier molecular flexibility index (Phi) is 3.89. The van der Waals surface area contributed by atoms with Crippen molar-refractivity contribution in [1.29, 1.82) is 0 Å². The summed E-state index contributed by atoms with van der Waals surface area (Å²) >= 11 is 0. The molecule has 1 saturated carbocycles. The summed E-state index contributed by atoms with van der Waals surface area (Å²) in [5, 5.41) is 0. The van der Waals surface area contributed by atoms with Gasteiger partial charge >= 0.3 is 0 Å². The predicted octanol–water partition coefficient (Wildman–Crippen LogP) is 4.97. The second-order valence-corrected chi connectivity index (χ2v) is 6.25. The van der Waals surface area contributed by atoms with Crippen molar-refractivity contribution in [3.05, 3.63) is 23.8 Å². The maximum absolute atomic E-state index is 2.47. The van der Waals surface area contributed by atoms with Crippen LogP contribution in [0.2, 0.25) is 0 Å². The molecule has 3 unspecified atom stereocenters. The van der Waals surface area contributed by atoms with Gasteiger partial charge in [-0.2, -0.15) is 0 Å². The highest BCUT2D eigenvalue weighted by Gasteiger charge is 2.27. The van der Waals surface area contributed by atoms with E-state index < -0.39 is 0 Å². The summed E-state index contributed by atoms with van der Waals surface area (Å²) < 4.78 is 0. The molecule has 0 aromatic heterocycles. The van der Waals surface area contributed by atoms with Crippen LogP contribution in [0.3, 0.4) is 0 Å². The highest BCUT2D eigenvalue weighted by Crippen LogP contribution is 2.38. The van der Waals surface area contributed by atoms with Crippen LogP contribution in [0.4, 0.5) is 0 Å². The average molecular weight is 218 g/mol. The topological polar surface area (TPSA) is 0 Å². The summed E-state index contributed by atoms with van der Waals surface area (Å²) in [5.74, 6) is 3.72. The Morgan fingerprint density at radius 2 is 2.06 bits per heavy atom. The molecular weight excluding hydrogens is 192 g/mol. The van der Waals surface area contributed by atoms with Gasteiger partial charge < -0.3 is 0 Å². The lowest BCUT2D eigenvalue weighted by Gasteiger charge is -2.34. The van der Waals surface area contributed by atoms with Gasteiger partial charge in [-0.1, -0.05) is 44.1 Å². The minimum absolute atomic E-state index is 0.825. The molecule has 0 saturated heterocycles. The minimum atomic E-state index is 0.825. The molecule has 0 radical (unpaired) electrons. The summed E-state index contributed by atoms with van der Waals surface area (Å²) in [7, 11) is 0. The lowest BCUT2D eigenvalue weighted by atomic mass is 9.71. The van der Waals surface area contributed by atoms with Crippen molar-refractivity contribution in [2.24, 2.45) is 23.7 Å². The molecule has 0 N–H and O–H groups in total. The molecule has 90 valence electrons. The first-order valence-electron chi connectivity index (χ1n) is 6.99. The Bertz CT molecular complexity index is 284. The fourth-order valence-corrected chi connectivity index (χ4v) is 3.56. The van der Waals surface area contributed by atoms with Crippen LogP contribution in [0, 0.1) is 23.7 Å². The molecule has 0 heteroatoms. The van der Waals surface area contributed by atoms with Gasteiger partial charge in [0.25, 0.3) is 0 Å². The van der Waals surface area contributed by atoms with Gasteiger partial charge in [-0.3, -0.25) is 0 Å². The van der Waals surface area contributed by atoms with Gasteiger partial charge in [0.2, 0.25) is 0 Å². The molecule has 2 rings (SSSR count). The van der Waals surface area contributed by atoms with Crippen LogP contribution in [-0.2, 0) is 0 Å². The molecule has 1 fully saturated rings. The van der Waals surface area contributed by atoms with E-state index in [1.165, 1.54) is 32.1 Å². The fraction of sp³-hybridized carbons (Fsp3) is 0.750. The minimum Gasteiger partial charge on any atom is -0.0811 e. The fourth-order valence-electron chi connectivity index (χ4n) is 3.56. The Labute approximate surface area is 101 Å². The third kappa shape index (κ3) is 2.99. The zero-order valence-corrected chi connectivity index (χ0v) is 11.1. The molecule has 0 bridgehead atoms. The van der Waals surface area contributed by atoms with E-state index in [1.54, 1.807) is 5.57 Å². The Hall–Kier alpha value is -0.520. The molecule has 2 aliphatic carbocycles. The van der Waals surface area contributed by atoms with E-state index in [1.807, 2.05) is 0 Å². The van der Waals surface area contributed by atoms with Crippen LogP contribution in [0.1, 0.15) is 52.9 Å². The monoisotopic (exact) mass is 218 g/mol. The average Bonchev–Trinajstić information content (AvgIpc) is 2.22. The number of hydrogen-bond acceptors (Lipinski definition) is 0. The molecule has 0 heterocycles. The van der Waals surface area contributed by atoms with Gasteiger partial charge in [-0.05, 0) is 56.3 Å². The zero-order valence-electron chi connectivity index (χ0n) is 11.1. The molecule has 0 nitrogen and oxygen atoms in total. The highest BCUT2D eigenvalue weighted by atomic mass is 14.3. The van der Waals surface area contributed by atoms with Crippen molar-refractivity contribution < 1.29 is 0 Å². The van der Waals surface area contributed by atoms with E-state index in [-0.39, 0.29) is 0 Å². The van der Waals surface area contributed by atoms with Crippen molar-refractivity contribution >= 4 is 0 Å². The number of allylic oxidation sites excluding steroid dienone is 4. The Morgan fingerprint density at radius 3 is 2.75 bits per heavy atom. The number of hydrogen-bond donors (Lipinski definition) is 0. The van der Waals surface area contributed by atoms with Crippen LogP contribution in [0.15, 0.2) is 23.8 Å². The first kappa shape index (κ1) is 12.0. The summed E-state index contributed by atoms with van der Waals surface area (Å²) in [4.78, 5) is 0. The second-order valence-electron chi connectivity index (χ2n) is 6.25. The molecule has 0 aromatic carbocycles. The normalized spacial score (nSPS) is 39.6. The van der Waals surface area contributed by atoms with Crippen molar-refractivity contribution in [1.82, 2.24) is 0 Å². The smallest absolute Gasteiger partial charge is 0.0190 e. The first-order valence-corrected chi connectivity index (χ1v) is 6.99. The SMILES string of the molecule is CC1=CC=CC(CC2CCC(C)C[C@@H]2C)C1. The highest BCUT2D eigenvalue weighted by molar-refractivity contribution is 5.18. The predicted molar refractivity (Wildman–Crippen MR) is 71.3 cm³/mol. The molecule has 2 aliphatic rings.